The number of amides is 1. The van der Waals surface area contributed by atoms with Crippen LogP contribution in [-0.2, 0) is 4.79 Å². The average molecular weight is 382 g/mol. The summed E-state index contributed by atoms with van der Waals surface area (Å²) in [5, 5.41) is 16.1. The molecule has 9 nitrogen and oxygen atoms in total. The summed E-state index contributed by atoms with van der Waals surface area (Å²) < 4.78 is 12.1. The highest BCUT2D eigenvalue weighted by Crippen LogP contribution is 2.36. The van der Waals surface area contributed by atoms with Crippen molar-refractivity contribution in [2.75, 3.05) is 14.2 Å². The van der Waals surface area contributed by atoms with Crippen molar-refractivity contribution in [2.24, 2.45) is 0 Å². The lowest BCUT2D eigenvalue weighted by Gasteiger charge is -2.11. The van der Waals surface area contributed by atoms with Gasteiger partial charge in [-0.25, -0.2) is 14.3 Å². The third-order valence-corrected chi connectivity index (χ3v) is 4.78. The third-order valence-electron chi connectivity index (χ3n) is 4.78. The van der Waals surface area contributed by atoms with Gasteiger partial charge in [0.15, 0.2) is 22.8 Å². The maximum Gasteiger partial charge on any atom is 0.329 e. The average Bonchev–Trinajstić information content (AvgIpc) is 3.35. The van der Waals surface area contributed by atoms with Crippen LogP contribution < -0.4 is 14.8 Å². The summed E-state index contributed by atoms with van der Waals surface area (Å²) in [7, 11) is 3.11. The number of benzene rings is 1. The molecule has 0 radical (unpaired) electrons. The quantitative estimate of drug-likeness (QED) is 0.667. The van der Waals surface area contributed by atoms with E-state index >= 15 is 0 Å². The Labute approximate surface area is 159 Å². The van der Waals surface area contributed by atoms with Gasteiger partial charge in [0.1, 0.15) is 5.54 Å². The van der Waals surface area contributed by atoms with Crippen LogP contribution in [0.25, 0.3) is 16.9 Å². The van der Waals surface area contributed by atoms with Gasteiger partial charge in [-0.15, -0.1) is 0 Å². The molecule has 28 heavy (non-hydrogen) atoms. The van der Waals surface area contributed by atoms with E-state index in [0.29, 0.717) is 35.7 Å². The minimum atomic E-state index is -1.17. The van der Waals surface area contributed by atoms with Crippen molar-refractivity contribution in [1.82, 2.24) is 19.9 Å². The number of carboxylic acids is 1. The fourth-order valence-corrected chi connectivity index (χ4v) is 3.02. The van der Waals surface area contributed by atoms with E-state index < -0.39 is 17.4 Å². The molecule has 2 aromatic heterocycles. The number of nitrogens with one attached hydrogen (secondary N) is 1. The summed E-state index contributed by atoms with van der Waals surface area (Å²) in [5.41, 5.74) is 0.895. The van der Waals surface area contributed by atoms with Crippen LogP contribution in [0.4, 0.5) is 0 Å². The zero-order valence-electron chi connectivity index (χ0n) is 15.3. The standard InChI is InChI=1S/C19H18N4O5/c1-27-14-4-3-11(9-15(14)28-2)13-5-8-20-16-10-12(22-23(13)16)17(24)21-19(6-7-19)18(25)26/h3-5,8-10H,6-7H2,1-2H3,(H,21,24)(H,25,26). The normalized spacial score (nSPS) is 14.5. The first-order valence-electron chi connectivity index (χ1n) is 8.60. The number of rotatable bonds is 6. The van der Waals surface area contributed by atoms with Gasteiger partial charge in [0.05, 0.1) is 19.9 Å². The van der Waals surface area contributed by atoms with Crippen LogP contribution in [0.1, 0.15) is 23.3 Å². The van der Waals surface area contributed by atoms with Crippen LogP contribution >= 0.6 is 0 Å². The Morgan fingerprint density at radius 2 is 1.89 bits per heavy atom. The summed E-state index contributed by atoms with van der Waals surface area (Å²) in [6.45, 7) is 0. The van der Waals surface area contributed by atoms with Gasteiger partial charge >= 0.3 is 5.97 Å². The molecule has 1 aliphatic rings. The van der Waals surface area contributed by atoms with Crippen LogP contribution in [0.3, 0.4) is 0 Å². The van der Waals surface area contributed by atoms with E-state index in [1.807, 2.05) is 6.07 Å². The Bertz CT molecular complexity index is 1090. The topological polar surface area (TPSA) is 115 Å². The lowest BCUT2D eigenvalue weighted by molar-refractivity contribution is -0.140. The Morgan fingerprint density at radius 3 is 2.54 bits per heavy atom. The number of carboxylic acid groups (broad SMARTS) is 1. The Kier molecular flexibility index (Phi) is 4.14. The molecule has 0 bridgehead atoms. The molecule has 1 fully saturated rings. The second kappa shape index (κ2) is 6.52. The fourth-order valence-electron chi connectivity index (χ4n) is 3.02. The van der Waals surface area contributed by atoms with Crippen molar-refractivity contribution < 1.29 is 24.2 Å². The molecule has 9 heteroatoms. The van der Waals surface area contributed by atoms with Crippen LogP contribution in [0.5, 0.6) is 11.5 Å². The zero-order valence-corrected chi connectivity index (χ0v) is 15.3. The van der Waals surface area contributed by atoms with E-state index in [2.05, 4.69) is 15.4 Å². The van der Waals surface area contributed by atoms with Gasteiger partial charge < -0.3 is 19.9 Å². The lowest BCUT2D eigenvalue weighted by atomic mass is 10.1. The van der Waals surface area contributed by atoms with Crippen molar-refractivity contribution in [3.05, 3.63) is 42.2 Å². The van der Waals surface area contributed by atoms with Gasteiger partial charge in [-0.05, 0) is 37.1 Å². The summed E-state index contributed by atoms with van der Waals surface area (Å²) in [6, 6.07) is 8.72. The molecule has 1 saturated carbocycles. The van der Waals surface area contributed by atoms with Crippen molar-refractivity contribution in [2.45, 2.75) is 18.4 Å². The fraction of sp³-hybridized carbons (Fsp3) is 0.263. The molecule has 4 rings (SSSR count). The molecule has 3 aromatic rings. The van der Waals surface area contributed by atoms with Gasteiger partial charge in [0, 0.05) is 17.8 Å². The number of aliphatic carboxylic acids is 1. The molecule has 0 atom stereocenters. The van der Waals surface area contributed by atoms with E-state index in [0.717, 1.165) is 5.56 Å². The second-order valence-electron chi connectivity index (χ2n) is 6.54. The second-order valence-corrected chi connectivity index (χ2v) is 6.54. The number of methoxy groups -OCH3 is 2. The van der Waals surface area contributed by atoms with Gasteiger partial charge in [0.25, 0.3) is 5.91 Å². The van der Waals surface area contributed by atoms with Gasteiger partial charge in [0.2, 0.25) is 0 Å². The smallest absolute Gasteiger partial charge is 0.329 e. The largest absolute Gasteiger partial charge is 0.493 e. The number of fused-ring (bicyclic) bond motifs is 1. The number of aromatic nitrogens is 3. The molecule has 0 saturated heterocycles. The van der Waals surface area contributed by atoms with E-state index in [4.69, 9.17) is 9.47 Å². The van der Waals surface area contributed by atoms with Crippen molar-refractivity contribution in [3.8, 4) is 22.8 Å². The highest BCUT2D eigenvalue weighted by atomic mass is 16.5. The minimum Gasteiger partial charge on any atom is -0.493 e. The van der Waals surface area contributed by atoms with E-state index in [9.17, 15) is 14.7 Å². The molecule has 144 valence electrons. The molecular formula is C19H18N4O5. The van der Waals surface area contributed by atoms with Crippen LogP contribution in [0.15, 0.2) is 36.5 Å². The molecule has 0 spiro atoms. The summed E-state index contributed by atoms with van der Waals surface area (Å²) in [6.07, 6.45) is 2.44. The summed E-state index contributed by atoms with van der Waals surface area (Å²) >= 11 is 0. The zero-order chi connectivity index (χ0) is 19.9. The molecule has 1 aliphatic carbocycles. The number of hydrogen-bond acceptors (Lipinski definition) is 6. The van der Waals surface area contributed by atoms with E-state index in [1.54, 1.807) is 38.6 Å². The lowest BCUT2D eigenvalue weighted by Crippen LogP contribution is -2.43. The third kappa shape index (κ3) is 2.90. The highest BCUT2D eigenvalue weighted by Gasteiger charge is 2.52. The molecule has 0 aliphatic heterocycles. The first-order chi connectivity index (χ1) is 13.5. The summed E-state index contributed by atoms with van der Waals surface area (Å²) in [5.74, 6) is -0.412. The maximum atomic E-state index is 12.5. The molecule has 0 unspecified atom stereocenters. The molecular weight excluding hydrogens is 364 g/mol. The predicted octanol–water partition coefficient (Wildman–Crippen LogP) is 1.76. The minimum absolute atomic E-state index is 0.105. The first-order valence-corrected chi connectivity index (χ1v) is 8.60. The van der Waals surface area contributed by atoms with Gasteiger partial charge in [-0.2, -0.15) is 5.10 Å². The summed E-state index contributed by atoms with van der Waals surface area (Å²) in [4.78, 5) is 28.0. The Hall–Kier alpha value is -3.62. The molecule has 2 N–H and O–H groups in total. The maximum absolute atomic E-state index is 12.5. The van der Waals surface area contributed by atoms with Crippen LogP contribution in [0.2, 0.25) is 0 Å². The number of ether oxygens (including phenoxy) is 2. The van der Waals surface area contributed by atoms with Crippen LogP contribution in [-0.4, -0.2) is 51.3 Å². The molecule has 2 heterocycles. The Morgan fingerprint density at radius 1 is 1.14 bits per heavy atom. The highest BCUT2D eigenvalue weighted by molar-refractivity contribution is 5.98. The predicted molar refractivity (Wildman–Crippen MR) is 98.6 cm³/mol. The van der Waals surface area contributed by atoms with E-state index in [-0.39, 0.29) is 5.69 Å². The number of carbonyl (C=O) groups excluding carboxylic acids is 1. The first kappa shape index (κ1) is 17.8. The Balaban J connectivity index is 1.72. The van der Waals surface area contributed by atoms with Gasteiger partial charge in [-0.1, -0.05) is 0 Å². The monoisotopic (exact) mass is 382 g/mol. The number of nitrogens with zero attached hydrogens (tertiary/aromatic N) is 3. The van der Waals surface area contributed by atoms with Gasteiger partial charge in [-0.3, -0.25) is 4.79 Å². The van der Waals surface area contributed by atoms with E-state index in [1.165, 1.54) is 10.6 Å². The van der Waals surface area contributed by atoms with Crippen LogP contribution in [0, 0.1) is 0 Å². The molecule has 1 amide bonds. The van der Waals surface area contributed by atoms with Crippen molar-refractivity contribution in [3.63, 3.8) is 0 Å². The van der Waals surface area contributed by atoms with Crippen molar-refractivity contribution >= 4 is 17.5 Å². The molecule has 1 aromatic carbocycles. The number of hydrogen-bond donors (Lipinski definition) is 2. The van der Waals surface area contributed by atoms with Crippen molar-refractivity contribution in [1.29, 1.82) is 0 Å². The number of carbonyl (C=O) groups is 2. The SMILES string of the molecule is COc1ccc(-c2ccnc3cc(C(=O)NC4(C(=O)O)CC4)nn23)cc1OC.